The third kappa shape index (κ3) is 4.60. The van der Waals surface area contributed by atoms with Gasteiger partial charge < -0.3 is 30.5 Å². The number of aliphatic hydroxyl groups is 4. The van der Waals surface area contributed by atoms with Gasteiger partial charge in [-0.05, 0) is 6.92 Å². The summed E-state index contributed by atoms with van der Waals surface area (Å²) in [7, 11) is 0. The fourth-order valence-electron chi connectivity index (χ4n) is 1.54. The second kappa shape index (κ2) is 6.84. The zero-order chi connectivity index (χ0) is 15.3. The normalized spacial score (nSPS) is 21.6. The third-order valence-corrected chi connectivity index (χ3v) is 3.04. The number of carbonyl (C=O) groups excluding carboxylic acids is 2. The van der Waals surface area contributed by atoms with Gasteiger partial charge in [0.05, 0.1) is 6.61 Å². The van der Waals surface area contributed by atoms with Crippen molar-refractivity contribution in [2.75, 3.05) is 6.61 Å². The average molecular weight is 289 g/mol. The van der Waals surface area contributed by atoms with E-state index in [9.17, 15) is 24.9 Å². The Labute approximate surface area is 115 Å². The average Bonchev–Trinajstić information content (AvgIpc) is 3.18. The van der Waals surface area contributed by atoms with E-state index in [2.05, 4.69) is 15.5 Å². The topological polar surface area (TPSA) is 152 Å². The van der Waals surface area contributed by atoms with Crippen LogP contribution in [0.5, 0.6) is 0 Å². The number of amides is 1. The van der Waals surface area contributed by atoms with Crippen LogP contribution in [0.2, 0.25) is 0 Å². The molecule has 0 saturated heterocycles. The molecule has 0 aromatic heterocycles. The quantitative estimate of drug-likeness (QED) is 0.301. The Bertz CT molecular complexity index is 382. The first kappa shape index (κ1) is 16.6. The number of hydrogen-bond acceptors (Lipinski definition) is 8. The molecule has 9 nitrogen and oxygen atoms in total. The van der Waals surface area contributed by atoms with Gasteiger partial charge in [0, 0.05) is 12.8 Å². The highest BCUT2D eigenvalue weighted by atomic mass is 16.4. The van der Waals surface area contributed by atoms with E-state index in [0.29, 0.717) is 6.42 Å². The number of hydrogen-bond donors (Lipinski definition) is 5. The Morgan fingerprint density at radius 1 is 1.30 bits per heavy atom. The molecule has 114 valence electrons. The maximum Gasteiger partial charge on any atom is 0.220 e. The summed E-state index contributed by atoms with van der Waals surface area (Å²) in [6.07, 6.45) is -4.39. The van der Waals surface area contributed by atoms with Crippen LogP contribution in [0.25, 0.3) is 0 Å². The molecule has 1 aliphatic rings. The molecular weight excluding hydrogens is 270 g/mol. The van der Waals surface area contributed by atoms with Crippen LogP contribution in [0.3, 0.4) is 0 Å². The molecule has 0 saturated carbocycles. The first-order chi connectivity index (χ1) is 9.33. The first-order valence-corrected chi connectivity index (χ1v) is 6.17. The molecule has 20 heavy (non-hydrogen) atoms. The largest absolute Gasteiger partial charge is 0.394 e. The lowest BCUT2D eigenvalue weighted by Gasteiger charge is -2.26. The molecule has 1 aliphatic heterocycles. The van der Waals surface area contributed by atoms with E-state index in [4.69, 9.17) is 5.11 Å². The maximum atomic E-state index is 11.6. The van der Waals surface area contributed by atoms with Gasteiger partial charge in [-0.2, -0.15) is 10.2 Å². The molecule has 4 atom stereocenters. The highest BCUT2D eigenvalue weighted by Crippen LogP contribution is 2.31. The van der Waals surface area contributed by atoms with Gasteiger partial charge in [-0.3, -0.25) is 4.79 Å². The second-order valence-corrected chi connectivity index (χ2v) is 4.88. The Balaban J connectivity index is 2.44. The van der Waals surface area contributed by atoms with Gasteiger partial charge in [-0.25, -0.2) is 0 Å². The Kier molecular flexibility index (Phi) is 5.69. The number of carbonyl (C=O) groups is 2. The number of aliphatic hydroxyl groups excluding tert-OH is 4. The molecule has 0 aromatic rings. The van der Waals surface area contributed by atoms with Crippen molar-refractivity contribution in [3.8, 4) is 0 Å². The summed E-state index contributed by atoms with van der Waals surface area (Å²) in [5, 5.41) is 46.7. The van der Waals surface area contributed by atoms with E-state index in [1.807, 2.05) is 0 Å². The Morgan fingerprint density at radius 2 is 1.90 bits per heavy atom. The van der Waals surface area contributed by atoms with Crippen LogP contribution in [-0.4, -0.2) is 69.2 Å². The van der Waals surface area contributed by atoms with Crippen molar-refractivity contribution in [2.24, 2.45) is 10.2 Å². The molecule has 1 rings (SSSR count). The lowest BCUT2D eigenvalue weighted by molar-refractivity contribution is -0.131. The van der Waals surface area contributed by atoms with E-state index >= 15 is 0 Å². The minimum absolute atomic E-state index is 0.0548. The molecule has 0 fully saturated rings. The number of nitrogens with one attached hydrogen (secondary N) is 1. The van der Waals surface area contributed by atoms with Crippen molar-refractivity contribution < 1.29 is 30.0 Å². The standard InChI is InChI=1S/C11H19N3O6/c1-11(13-14-11)3-2-8(18)12-6(4-15)9(19)10(20)7(17)5-16/h4,6-7,9-10,16-17,19-20H,2-3,5H2,1H3,(H,12,18)/t6-,7-,9-,10-/m1/s1. The van der Waals surface area contributed by atoms with Gasteiger partial charge in [0.25, 0.3) is 0 Å². The predicted octanol–water partition coefficient (Wildman–Crippen LogP) is -2.29. The van der Waals surface area contributed by atoms with Gasteiger partial charge >= 0.3 is 0 Å². The van der Waals surface area contributed by atoms with Crippen molar-refractivity contribution in [3.63, 3.8) is 0 Å². The second-order valence-electron chi connectivity index (χ2n) is 4.88. The first-order valence-electron chi connectivity index (χ1n) is 6.17. The minimum Gasteiger partial charge on any atom is -0.394 e. The molecule has 9 heteroatoms. The molecule has 1 heterocycles. The van der Waals surface area contributed by atoms with Gasteiger partial charge in [-0.15, -0.1) is 0 Å². The molecular formula is C11H19N3O6. The van der Waals surface area contributed by atoms with E-state index < -0.39 is 42.5 Å². The number of nitrogens with zero attached hydrogens (tertiary/aromatic N) is 2. The highest BCUT2D eigenvalue weighted by molar-refractivity contribution is 5.80. The van der Waals surface area contributed by atoms with E-state index in [-0.39, 0.29) is 12.7 Å². The summed E-state index contributed by atoms with van der Waals surface area (Å²) >= 11 is 0. The molecule has 0 radical (unpaired) electrons. The lowest BCUT2D eigenvalue weighted by Crippen LogP contribution is -2.53. The smallest absolute Gasteiger partial charge is 0.220 e. The van der Waals surface area contributed by atoms with Crippen molar-refractivity contribution in [2.45, 2.75) is 49.8 Å². The van der Waals surface area contributed by atoms with Crippen LogP contribution >= 0.6 is 0 Å². The van der Waals surface area contributed by atoms with Crippen LogP contribution in [0, 0.1) is 0 Å². The van der Waals surface area contributed by atoms with Crippen LogP contribution in [0.1, 0.15) is 19.8 Å². The van der Waals surface area contributed by atoms with E-state index in [1.54, 1.807) is 6.92 Å². The monoisotopic (exact) mass is 289 g/mol. The molecule has 0 unspecified atom stereocenters. The molecule has 0 aromatic carbocycles. The molecule has 0 spiro atoms. The summed E-state index contributed by atoms with van der Waals surface area (Å²) < 4.78 is 0. The Morgan fingerprint density at radius 3 is 2.35 bits per heavy atom. The van der Waals surface area contributed by atoms with Gasteiger partial charge in [0.1, 0.15) is 30.6 Å². The van der Waals surface area contributed by atoms with E-state index in [0.717, 1.165) is 0 Å². The molecule has 5 N–H and O–H groups in total. The third-order valence-electron chi connectivity index (χ3n) is 3.04. The molecule has 0 bridgehead atoms. The highest BCUT2D eigenvalue weighted by Gasteiger charge is 2.35. The van der Waals surface area contributed by atoms with Gasteiger partial charge in [0.2, 0.25) is 5.91 Å². The van der Waals surface area contributed by atoms with Crippen molar-refractivity contribution >= 4 is 12.2 Å². The SMILES string of the molecule is CC1(CCC(=O)N[C@H](C=O)[C@@H](O)[C@H](O)[C@H](O)CO)N=N1. The summed E-state index contributed by atoms with van der Waals surface area (Å²) in [5.41, 5.74) is -0.542. The van der Waals surface area contributed by atoms with Crippen LogP contribution in [0.4, 0.5) is 0 Å². The van der Waals surface area contributed by atoms with Crippen molar-refractivity contribution in [3.05, 3.63) is 0 Å². The zero-order valence-electron chi connectivity index (χ0n) is 11.0. The summed E-state index contributed by atoms with van der Waals surface area (Å²) in [6.45, 7) is 0.965. The molecule has 0 aliphatic carbocycles. The number of rotatable bonds is 9. The predicted molar refractivity (Wildman–Crippen MR) is 65.6 cm³/mol. The van der Waals surface area contributed by atoms with Crippen molar-refractivity contribution in [1.29, 1.82) is 0 Å². The molecule has 1 amide bonds. The minimum atomic E-state index is -1.75. The summed E-state index contributed by atoms with van der Waals surface area (Å²) in [4.78, 5) is 22.4. The van der Waals surface area contributed by atoms with Crippen LogP contribution in [0.15, 0.2) is 10.2 Å². The lowest BCUT2D eigenvalue weighted by atomic mass is 10.0. The van der Waals surface area contributed by atoms with Gasteiger partial charge in [0.15, 0.2) is 5.66 Å². The fourth-order valence-corrected chi connectivity index (χ4v) is 1.54. The number of aldehydes is 1. The Hall–Kier alpha value is -1.42. The summed E-state index contributed by atoms with van der Waals surface area (Å²) in [6, 6.07) is -1.38. The fraction of sp³-hybridized carbons (Fsp3) is 0.818. The summed E-state index contributed by atoms with van der Waals surface area (Å²) in [5.74, 6) is -0.509. The maximum absolute atomic E-state index is 11.6. The van der Waals surface area contributed by atoms with Gasteiger partial charge in [-0.1, -0.05) is 0 Å². The van der Waals surface area contributed by atoms with Crippen LogP contribution < -0.4 is 5.32 Å². The zero-order valence-corrected chi connectivity index (χ0v) is 11.0. The van der Waals surface area contributed by atoms with Crippen molar-refractivity contribution in [1.82, 2.24) is 5.32 Å². The van der Waals surface area contributed by atoms with Crippen LogP contribution in [-0.2, 0) is 9.59 Å². The van der Waals surface area contributed by atoms with E-state index in [1.165, 1.54) is 0 Å².